The van der Waals surface area contributed by atoms with Gasteiger partial charge in [-0.1, -0.05) is 0 Å². The van der Waals surface area contributed by atoms with E-state index in [4.69, 9.17) is 4.74 Å². The number of hydrogen-bond donors (Lipinski definition) is 1. The average molecular weight is 344 g/mol. The lowest BCUT2D eigenvalue weighted by atomic mass is 10.1. The Hall–Kier alpha value is -2.15. The minimum absolute atomic E-state index is 0.0902. The number of carbonyl (C=O) groups is 2. The number of morpholine rings is 1. The molecular formula is C18H24N4O3. The number of nitrogens with one attached hydrogen (secondary N) is 1. The van der Waals surface area contributed by atoms with E-state index in [2.05, 4.69) is 15.2 Å². The molecule has 25 heavy (non-hydrogen) atoms. The molecule has 4 rings (SSSR count). The van der Waals surface area contributed by atoms with Gasteiger partial charge in [0.2, 0.25) is 11.8 Å². The smallest absolute Gasteiger partial charge is 0.229 e. The summed E-state index contributed by atoms with van der Waals surface area (Å²) in [5.41, 5.74) is 0.676. The summed E-state index contributed by atoms with van der Waals surface area (Å²) in [5, 5.41) is 2.90. The van der Waals surface area contributed by atoms with Gasteiger partial charge in [-0.3, -0.25) is 9.59 Å². The highest BCUT2D eigenvalue weighted by Gasteiger charge is 2.37. The molecule has 0 bridgehead atoms. The third-order valence-electron chi connectivity index (χ3n) is 5.11. The maximum absolute atomic E-state index is 12.4. The van der Waals surface area contributed by atoms with Gasteiger partial charge in [-0.15, -0.1) is 0 Å². The quantitative estimate of drug-likeness (QED) is 0.866. The lowest BCUT2D eigenvalue weighted by Crippen LogP contribution is -2.36. The fourth-order valence-corrected chi connectivity index (χ4v) is 3.42. The lowest BCUT2D eigenvalue weighted by Gasteiger charge is -2.27. The van der Waals surface area contributed by atoms with Crippen molar-refractivity contribution in [1.82, 2.24) is 9.88 Å². The molecule has 1 atom stereocenters. The van der Waals surface area contributed by atoms with E-state index in [1.54, 1.807) is 6.20 Å². The van der Waals surface area contributed by atoms with Gasteiger partial charge in [0.25, 0.3) is 0 Å². The number of carbonyl (C=O) groups excluding carboxylic acids is 2. The van der Waals surface area contributed by atoms with Gasteiger partial charge in [0.15, 0.2) is 0 Å². The minimum atomic E-state index is -0.259. The number of ether oxygens (including phenoxy) is 1. The third kappa shape index (κ3) is 3.92. The Balaban J connectivity index is 1.32. The van der Waals surface area contributed by atoms with E-state index in [1.165, 1.54) is 12.8 Å². The normalized spacial score (nSPS) is 23.8. The Morgan fingerprint density at radius 2 is 2.08 bits per heavy atom. The number of aromatic nitrogens is 1. The SMILES string of the molecule is O=C(Nc1ccc(N2CCOCC2)nc1)[C@@H]1CC(=O)N(CC2CC2)C1. The van der Waals surface area contributed by atoms with E-state index in [9.17, 15) is 9.59 Å². The molecule has 134 valence electrons. The molecule has 1 saturated carbocycles. The van der Waals surface area contributed by atoms with Crippen LogP contribution >= 0.6 is 0 Å². The molecule has 0 unspecified atom stereocenters. The van der Waals surface area contributed by atoms with Gasteiger partial charge in [-0.2, -0.15) is 0 Å². The monoisotopic (exact) mass is 344 g/mol. The zero-order valence-electron chi connectivity index (χ0n) is 14.3. The van der Waals surface area contributed by atoms with E-state index in [0.29, 0.717) is 37.8 Å². The van der Waals surface area contributed by atoms with Gasteiger partial charge >= 0.3 is 0 Å². The van der Waals surface area contributed by atoms with E-state index in [-0.39, 0.29) is 17.7 Å². The van der Waals surface area contributed by atoms with Crippen LogP contribution in [0.1, 0.15) is 19.3 Å². The van der Waals surface area contributed by atoms with Crippen molar-refractivity contribution in [3.63, 3.8) is 0 Å². The molecule has 1 aromatic rings. The van der Waals surface area contributed by atoms with Gasteiger partial charge in [0.05, 0.1) is 31.0 Å². The Morgan fingerprint density at radius 3 is 2.76 bits per heavy atom. The van der Waals surface area contributed by atoms with Crippen molar-refractivity contribution in [1.29, 1.82) is 0 Å². The van der Waals surface area contributed by atoms with Gasteiger partial charge in [0, 0.05) is 32.6 Å². The summed E-state index contributed by atoms with van der Waals surface area (Å²) in [7, 11) is 0. The van der Waals surface area contributed by atoms with Crippen LogP contribution in [0, 0.1) is 11.8 Å². The predicted molar refractivity (Wildman–Crippen MR) is 93.3 cm³/mol. The minimum Gasteiger partial charge on any atom is -0.378 e. The van der Waals surface area contributed by atoms with Gasteiger partial charge in [-0.05, 0) is 30.9 Å². The second-order valence-corrected chi connectivity index (χ2v) is 7.14. The second kappa shape index (κ2) is 7.00. The lowest BCUT2D eigenvalue weighted by molar-refractivity contribution is -0.128. The number of hydrogen-bond acceptors (Lipinski definition) is 5. The zero-order valence-corrected chi connectivity index (χ0v) is 14.3. The van der Waals surface area contributed by atoms with Crippen LogP contribution in [0.25, 0.3) is 0 Å². The fraction of sp³-hybridized carbons (Fsp3) is 0.611. The largest absolute Gasteiger partial charge is 0.378 e. The molecule has 7 heteroatoms. The summed E-state index contributed by atoms with van der Waals surface area (Å²) in [6.07, 6.45) is 4.42. The number of amides is 2. The number of rotatable bonds is 5. The van der Waals surface area contributed by atoms with E-state index in [0.717, 1.165) is 25.5 Å². The van der Waals surface area contributed by atoms with Crippen LogP contribution in [0.4, 0.5) is 11.5 Å². The molecule has 7 nitrogen and oxygen atoms in total. The average Bonchev–Trinajstić information content (AvgIpc) is 3.38. The van der Waals surface area contributed by atoms with Crippen molar-refractivity contribution in [2.75, 3.05) is 49.6 Å². The van der Waals surface area contributed by atoms with Crippen molar-refractivity contribution in [2.45, 2.75) is 19.3 Å². The van der Waals surface area contributed by atoms with Crippen molar-refractivity contribution < 1.29 is 14.3 Å². The molecule has 0 radical (unpaired) electrons. The highest BCUT2D eigenvalue weighted by molar-refractivity contribution is 5.97. The topological polar surface area (TPSA) is 74.8 Å². The summed E-state index contributed by atoms with van der Waals surface area (Å²) < 4.78 is 5.34. The summed E-state index contributed by atoms with van der Waals surface area (Å²) in [5.74, 6) is 1.31. The number of anilines is 2. The van der Waals surface area contributed by atoms with E-state index < -0.39 is 0 Å². The highest BCUT2D eigenvalue weighted by Crippen LogP contribution is 2.32. The summed E-state index contributed by atoms with van der Waals surface area (Å²) in [6.45, 7) is 4.46. The summed E-state index contributed by atoms with van der Waals surface area (Å²) in [6, 6.07) is 3.79. The van der Waals surface area contributed by atoms with Crippen LogP contribution in [-0.4, -0.2) is 61.1 Å². The molecule has 1 N–H and O–H groups in total. The van der Waals surface area contributed by atoms with Crippen molar-refractivity contribution in [3.8, 4) is 0 Å². The Bertz CT molecular complexity index is 638. The van der Waals surface area contributed by atoms with Crippen molar-refractivity contribution in [2.24, 2.45) is 11.8 Å². The standard InChI is InChI=1S/C18H24N4O3/c23-17-9-14(12-22(17)11-13-1-2-13)18(24)20-15-3-4-16(19-10-15)21-5-7-25-8-6-21/h3-4,10,13-14H,1-2,5-9,11-12H2,(H,20,24)/t14-/m1/s1. The first-order valence-corrected chi connectivity index (χ1v) is 9.06. The maximum atomic E-state index is 12.4. The number of likely N-dealkylation sites (tertiary alicyclic amines) is 1. The zero-order chi connectivity index (χ0) is 17.2. The first-order valence-electron chi connectivity index (χ1n) is 9.06. The molecule has 2 amide bonds. The molecule has 3 fully saturated rings. The second-order valence-electron chi connectivity index (χ2n) is 7.14. The Labute approximate surface area is 147 Å². The van der Waals surface area contributed by atoms with Crippen LogP contribution in [0.15, 0.2) is 18.3 Å². The molecular weight excluding hydrogens is 320 g/mol. The predicted octanol–water partition coefficient (Wildman–Crippen LogP) is 1.12. The first-order chi connectivity index (χ1) is 12.2. The molecule has 3 aliphatic rings. The number of nitrogens with zero attached hydrogens (tertiary/aromatic N) is 3. The Morgan fingerprint density at radius 1 is 1.28 bits per heavy atom. The highest BCUT2D eigenvalue weighted by atomic mass is 16.5. The third-order valence-corrected chi connectivity index (χ3v) is 5.11. The fourth-order valence-electron chi connectivity index (χ4n) is 3.42. The maximum Gasteiger partial charge on any atom is 0.229 e. The Kier molecular flexibility index (Phi) is 4.57. The summed E-state index contributed by atoms with van der Waals surface area (Å²) in [4.78, 5) is 32.9. The number of pyridine rings is 1. The van der Waals surface area contributed by atoms with Gasteiger partial charge in [0.1, 0.15) is 5.82 Å². The first kappa shape index (κ1) is 16.3. The van der Waals surface area contributed by atoms with Crippen LogP contribution < -0.4 is 10.2 Å². The van der Waals surface area contributed by atoms with Crippen molar-refractivity contribution in [3.05, 3.63) is 18.3 Å². The van der Waals surface area contributed by atoms with Gasteiger partial charge in [-0.25, -0.2) is 4.98 Å². The van der Waals surface area contributed by atoms with Crippen molar-refractivity contribution >= 4 is 23.3 Å². The van der Waals surface area contributed by atoms with Crippen LogP contribution in [0.2, 0.25) is 0 Å². The molecule has 0 spiro atoms. The molecule has 3 heterocycles. The van der Waals surface area contributed by atoms with E-state index in [1.807, 2.05) is 17.0 Å². The molecule has 2 saturated heterocycles. The molecule has 1 aliphatic carbocycles. The summed E-state index contributed by atoms with van der Waals surface area (Å²) >= 11 is 0. The molecule has 0 aromatic carbocycles. The molecule has 1 aromatic heterocycles. The molecule has 2 aliphatic heterocycles. The van der Waals surface area contributed by atoms with Gasteiger partial charge < -0.3 is 19.9 Å². The van der Waals surface area contributed by atoms with Crippen LogP contribution in [0.5, 0.6) is 0 Å². The van der Waals surface area contributed by atoms with Crippen LogP contribution in [0.3, 0.4) is 0 Å². The van der Waals surface area contributed by atoms with E-state index >= 15 is 0 Å². The van der Waals surface area contributed by atoms with Crippen LogP contribution in [-0.2, 0) is 14.3 Å².